The van der Waals surface area contributed by atoms with Crippen LogP contribution < -0.4 is 14.8 Å². The quantitative estimate of drug-likeness (QED) is 0.608. The Bertz CT molecular complexity index is 1140. The molecule has 1 saturated heterocycles. The zero-order valence-electron chi connectivity index (χ0n) is 18.3. The van der Waals surface area contributed by atoms with Gasteiger partial charge in [-0.15, -0.1) is 0 Å². The molecule has 1 spiro atoms. The molecule has 6 heteroatoms. The van der Waals surface area contributed by atoms with E-state index in [9.17, 15) is 9.59 Å². The van der Waals surface area contributed by atoms with Crippen molar-refractivity contribution in [1.29, 1.82) is 0 Å². The van der Waals surface area contributed by atoms with Gasteiger partial charge in [0.1, 0.15) is 22.8 Å². The molecule has 3 aromatic rings. The number of nitrogens with one attached hydrogen (secondary N) is 1. The minimum Gasteiger partial charge on any atom is -0.486 e. The van der Waals surface area contributed by atoms with E-state index in [0.717, 1.165) is 24.3 Å². The Labute approximate surface area is 193 Å². The van der Waals surface area contributed by atoms with E-state index in [0.29, 0.717) is 43.1 Å². The first-order chi connectivity index (χ1) is 16.1. The molecule has 1 fully saturated rings. The molecule has 0 bridgehead atoms. The zero-order valence-corrected chi connectivity index (χ0v) is 18.3. The van der Waals surface area contributed by atoms with Gasteiger partial charge in [-0.1, -0.05) is 30.3 Å². The van der Waals surface area contributed by atoms with Gasteiger partial charge in [0.15, 0.2) is 5.78 Å². The van der Waals surface area contributed by atoms with Crippen molar-refractivity contribution in [3.63, 3.8) is 0 Å². The van der Waals surface area contributed by atoms with E-state index in [1.54, 1.807) is 0 Å². The molecule has 168 valence electrons. The van der Waals surface area contributed by atoms with Crippen LogP contribution in [0.4, 0.5) is 5.69 Å². The lowest BCUT2D eigenvalue weighted by Gasteiger charge is -2.43. The summed E-state index contributed by atoms with van der Waals surface area (Å²) < 4.78 is 12.1. The fraction of sp³-hybridized carbons (Fsp3) is 0.259. The topological polar surface area (TPSA) is 67.9 Å². The van der Waals surface area contributed by atoms with Crippen LogP contribution >= 0.6 is 0 Å². The number of hydrogen-bond acceptors (Lipinski definition) is 5. The number of carbonyl (C=O) groups is 2. The Kier molecular flexibility index (Phi) is 5.84. The number of para-hydroxylation sites is 2. The normalized spacial score (nSPS) is 17.2. The van der Waals surface area contributed by atoms with Gasteiger partial charge >= 0.3 is 0 Å². The summed E-state index contributed by atoms with van der Waals surface area (Å²) in [5.74, 6) is 2.24. The molecule has 33 heavy (non-hydrogen) atoms. The summed E-state index contributed by atoms with van der Waals surface area (Å²) in [5.41, 5.74) is 0.948. The Morgan fingerprint density at radius 1 is 0.909 bits per heavy atom. The average molecular weight is 443 g/mol. The summed E-state index contributed by atoms with van der Waals surface area (Å²) in [7, 11) is 0. The number of ketones is 1. The minimum absolute atomic E-state index is 0.0614. The van der Waals surface area contributed by atoms with E-state index in [4.69, 9.17) is 9.47 Å². The number of rotatable bonds is 5. The highest BCUT2D eigenvalue weighted by Gasteiger charge is 2.42. The molecule has 0 unspecified atom stereocenters. The number of hydrogen-bond donors (Lipinski definition) is 1. The van der Waals surface area contributed by atoms with E-state index in [1.165, 1.54) is 0 Å². The second-order valence-corrected chi connectivity index (χ2v) is 8.65. The van der Waals surface area contributed by atoms with Crippen LogP contribution in [0.25, 0.3) is 0 Å². The second-order valence-electron chi connectivity index (χ2n) is 8.65. The molecule has 0 aliphatic carbocycles. The van der Waals surface area contributed by atoms with Crippen molar-refractivity contribution in [3.8, 4) is 17.2 Å². The van der Waals surface area contributed by atoms with Gasteiger partial charge in [-0.25, -0.2) is 0 Å². The highest BCUT2D eigenvalue weighted by atomic mass is 16.5. The van der Waals surface area contributed by atoms with E-state index >= 15 is 0 Å². The largest absolute Gasteiger partial charge is 0.486 e. The van der Waals surface area contributed by atoms with Crippen LogP contribution in [0.1, 0.15) is 29.6 Å². The summed E-state index contributed by atoms with van der Waals surface area (Å²) >= 11 is 0. The van der Waals surface area contributed by atoms with Gasteiger partial charge in [-0.3, -0.25) is 14.5 Å². The molecular weight excluding hydrogens is 416 g/mol. The molecular formula is C27H26N2O4. The van der Waals surface area contributed by atoms with Gasteiger partial charge < -0.3 is 14.8 Å². The highest BCUT2D eigenvalue weighted by Crippen LogP contribution is 2.39. The average Bonchev–Trinajstić information content (AvgIpc) is 2.83. The number of Topliss-reactive ketones (excluding diaryl/α,β-unsaturated/α-hetero) is 1. The number of likely N-dealkylation sites (tertiary alicyclic amines) is 1. The van der Waals surface area contributed by atoms with Gasteiger partial charge in [0, 0.05) is 31.6 Å². The molecule has 0 atom stereocenters. The first-order valence-electron chi connectivity index (χ1n) is 11.3. The van der Waals surface area contributed by atoms with Crippen LogP contribution in [-0.4, -0.2) is 41.8 Å². The molecule has 0 radical (unpaired) electrons. The van der Waals surface area contributed by atoms with Crippen molar-refractivity contribution in [2.75, 3.05) is 25.0 Å². The number of benzene rings is 3. The summed E-state index contributed by atoms with van der Waals surface area (Å²) in [6, 6.07) is 24.4. The van der Waals surface area contributed by atoms with Gasteiger partial charge in [0.2, 0.25) is 5.91 Å². The first kappa shape index (κ1) is 21.2. The number of carbonyl (C=O) groups excluding carboxylic acids is 2. The SMILES string of the molecule is O=C(CN1CCC2(CC1)CC(=O)c1ccccc1O2)Nc1ccc(Oc2ccccc2)cc1. The third-order valence-electron chi connectivity index (χ3n) is 6.25. The van der Waals surface area contributed by atoms with Crippen molar-refractivity contribution >= 4 is 17.4 Å². The van der Waals surface area contributed by atoms with Crippen molar-refractivity contribution in [1.82, 2.24) is 4.90 Å². The predicted molar refractivity (Wildman–Crippen MR) is 126 cm³/mol. The van der Waals surface area contributed by atoms with Gasteiger partial charge in [-0.2, -0.15) is 0 Å². The van der Waals surface area contributed by atoms with Gasteiger partial charge in [-0.05, 0) is 48.5 Å². The maximum atomic E-state index is 12.6. The lowest BCUT2D eigenvalue weighted by atomic mass is 9.82. The maximum absolute atomic E-state index is 12.6. The van der Waals surface area contributed by atoms with Crippen LogP contribution in [-0.2, 0) is 4.79 Å². The lowest BCUT2D eigenvalue weighted by Crippen LogP contribution is -2.52. The molecule has 2 aliphatic rings. The van der Waals surface area contributed by atoms with Crippen LogP contribution in [0, 0.1) is 0 Å². The lowest BCUT2D eigenvalue weighted by molar-refractivity contribution is -0.118. The third kappa shape index (κ3) is 4.91. The number of fused-ring (bicyclic) bond motifs is 1. The number of amides is 1. The summed E-state index contributed by atoms with van der Waals surface area (Å²) in [6.07, 6.45) is 1.86. The Hall–Kier alpha value is -3.64. The molecule has 1 N–H and O–H groups in total. The first-order valence-corrected chi connectivity index (χ1v) is 11.3. The van der Waals surface area contributed by atoms with E-state index in [2.05, 4.69) is 10.2 Å². The van der Waals surface area contributed by atoms with Crippen molar-refractivity contribution in [2.24, 2.45) is 0 Å². The fourth-order valence-electron chi connectivity index (χ4n) is 4.48. The highest BCUT2D eigenvalue weighted by molar-refractivity contribution is 6.00. The second kappa shape index (κ2) is 9.08. The van der Waals surface area contributed by atoms with Crippen LogP contribution in [0.2, 0.25) is 0 Å². The number of nitrogens with zero attached hydrogens (tertiary/aromatic N) is 1. The number of piperidine rings is 1. The summed E-state index contributed by atoms with van der Waals surface area (Å²) in [4.78, 5) is 27.3. The molecule has 0 saturated carbocycles. The third-order valence-corrected chi connectivity index (χ3v) is 6.25. The maximum Gasteiger partial charge on any atom is 0.238 e. The molecule has 2 aliphatic heterocycles. The minimum atomic E-state index is -0.451. The Morgan fingerprint density at radius 3 is 2.33 bits per heavy atom. The van der Waals surface area contributed by atoms with Gasteiger partial charge in [0.05, 0.1) is 18.5 Å². The number of ether oxygens (including phenoxy) is 2. The van der Waals surface area contributed by atoms with Crippen LogP contribution in [0.5, 0.6) is 17.2 Å². The van der Waals surface area contributed by atoms with Crippen LogP contribution in [0.3, 0.4) is 0 Å². The van der Waals surface area contributed by atoms with E-state index in [-0.39, 0.29) is 11.7 Å². The fourth-order valence-corrected chi connectivity index (χ4v) is 4.48. The monoisotopic (exact) mass is 442 g/mol. The molecule has 3 aromatic carbocycles. The molecule has 0 aromatic heterocycles. The molecule has 5 rings (SSSR count). The summed E-state index contributed by atoms with van der Waals surface area (Å²) in [6.45, 7) is 1.74. The predicted octanol–water partition coefficient (Wildman–Crippen LogP) is 4.92. The molecule has 2 heterocycles. The van der Waals surface area contributed by atoms with E-state index in [1.807, 2.05) is 78.9 Å². The zero-order chi connectivity index (χ0) is 22.7. The van der Waals surface area contributed by atoms with Gasteiger partial charge in [0.25, 0.3) is 0 Å². The smallest absolute Gasteiger partial charge is 0.238 e. The Morgan fingerprint density at radius 2 is 1.58 bits per heavy atom. The van der Waals surface area contributed by atoms with E-state index < -0.39 is 5.60 Å². The van der Waals surface area contributed by atoms with Crippen molar-refractivity contribution < 1.29 is 19.1 Å². The molecule has 6 nitrogen and oxygen atoms in total. The number of anilines is 1. The summed E-state index contributed by atoms with van der Waals surface area (Å²) in [5, 5.41) is 2.95. The standard InChI is InChI=1S/C27H26N2O4/c30-24-18-27(33-25-9-5-4-8-23(24)25)14-16-29(17-15-27)19-26(31)28-20-10-12-22(13-11-20)32-21-6-2-1-3-7-21/h1-13H,14-19H2,(H,28,31). The van der Waals surface area contributed by atoms with Crippen LogP contribution in [0.15, 0.2) is 78.9 Å². The van der Waals surface area contributed by atoms with Crippen molar-refractivity contribution in [3.05, 3.63) is 84.4 Å². The van der Waals surface area contributed by atoms with Crippen molar-refractivity contribution in [2.45, 2.75) is 24.9 Å². The molecule has 1 amide bonds. The Balaban J connectivity index is 1.12.